The fraction of sp³-hybridized carbons (Fsp3) is 0.148. The van der Waals surface area contributed by atoms with Crippen LogP contribution in [0.1, 0.15) is 29.0 Å². The van der Waals surface area contributed by atoms with Gasteiger partial charge in [0.25, 0.3) is 0 Å². The number of hydrogen-bond donors (Lipinski definition) is 1. The highest BCUT2D eigenvalue weighted by Gasteiger charge is 2.33. The van der Waals surface area contributed by atoms with Crippen LogP contribution in [0.5, 0.6) is 11.5 Å². The molecule has 4 aromatic carbocycles. The van der Waals surface area contributed by atoms with E-state index in [0.717, 1.165) is 44.0 Å². The van der Waals surface area contributed by atoms with Gasteiger partial charge in [0.1, 0.15) is 11.5 Å². The number of ether oxygens (including phenoxy) is 2. The number of fused-ring (bicyclic) bond motifs is 7. The molecule has 0 bridgehead atoms. The predicted octanol–water partition coefficient (Wildman–Crippen LogP) is 4.88. The number of aliphatic hydroxyl groups excluding tert-OH is 1. The SMILES string of the molecule is COc1ccc([C@@H]2CC(=O)Oc3c2c2nc4ccccc4nc2c2ccccc32)cc1CO. The van der Waals surface area contributed by atoms with E-state index in [4.69, 9.17) is 19.4 Å². The molecule has 1 N–H and O–H groups in total. The topological polar surface area (TPSA) is 81.5 Å². The van der Waals surface area contributed by atoms with Crippen molar-refractivity contribution in [3.63, 3.8) is 0 Å². The highest BCUT2D eigenvalue weighted by Crippen LogP contribution is 2.47. The molecule has 0 amide bonds. The second-order valence-electron chi connectivity index (χ2n) is 8.16. The summed E-state index contributed by atoms with van der Waals surface area (Å²) in [6.45, 7) is -0.163. The maximum Gasteiger partial charge on any atom is 0.312 e. The zero-order valence-electron chi connectivity index (χ0n) is 17.9. The minimum absolute atomic E-state index is 0.163. The second kappa shape index (κ2) is 7.53. The molecule has 33 heavy (non-hydrogen) atoms. The van der Waals surface area contributed by atoms with Gasteiger partial charge < -0.3 is 14.6 Å². The highest BCUT2D eigenvalue weighted by atomic mass is 16.5. The molecule has 6 rings (SSSR count). The van der Waals surface area contributed by atoms with Crippen molar-refractivity contribution in [1.82, 2.24) is 9.97 Å². The maximum atomic E-state index is 12.7. The van der Waals surface area contributed by atoms with Gasteiger partial charge in [0, 0.05) is 27.8 Å². The van der Waals surface area contributed by atoms with E-state index in [2.05, 4.69) is 0 Å². The van der Waals surface area contributed by atoms with Gasteiger partial charge in [-0.25, -0.2) is 9.97 Å². The van der Waals surface area contributed by atoms with E-state index in [-0.39, 0.29) is 24.9 Å². The van der Waals surface area contributed by atoms with E-state index in [0.29, 0.717) is 17.1 Å². The lowest BCUT2D eigenvalue weighted by molar-refractivity contribution is -0.135. The average molecular weight is 436 g/mol. The van der Waals surface area contributed by atoms with Crippen LogP contribution in [-0.4, -0.2) is 28.2 Å². The molecule has 0 saturated carbocycles. The zero-order valence-corrected chi connectivity index (χ0v) is 17.9. The van der Waals surface area contributed by atoms with Crippen LogP contribution in [0.15, 0.2) is 66.7 Å². The number of carbonyl (C=O) groups excluding carboxylic acids is 1. The van der Waals surface area contributed by atoms with Crippen LogP contribution < -0.4 is 9.47 Å². The van der Waals surface area contributed by atoms with E-state index in [1.165, 1.54) is 0 Å². The number of aromatic nitrogens is 2. The number of hydrogen-bond acceptors (Lipinski definition) is 6. The van der Waals surface area contributed by atoms with Crippen LogP contribution >= 0.6 is 0 Å². The summed E-state index contributed by atoms with van der Waals surface area (Å²) in [7, 11) is 1.57. The van der Waals surface area contributed by atoms with Gasteiger partial charge in [-0.15, -0.1) is 0 Å². The van der Waals surface area contributed by atoms with Gasteiger partial charge in [-0.05, 0) is 29.8 Å². The molecule has 1 aliphatic rings. The fourth-order valence-corrected chi connectivity index (χ4v) is 4.80. The first-order chi connectivity index (χ1) is 16.2. The van der Waals surface area contributed by atoms with Crippen LogP contribution in [0, 0.1) is 0 Å². The van der Waals surface area contributed by atoms with Gasteiger partial charge in [0.2, 0.25) is 0 Å². The van der Waals surface area contributed by atoms with Gasteiger partial charge >= 0.3 is 5.97 Å². The van der Waals surface area contributed by atoms with Crippen molar-refractivity contribution < 1.29 is 19.4 Å². The molecule has 6 heteroatoms. The summed E-state index contributed by atoms with van der Waals surface area (Å²) in [5, 5.41) is 11.6. The molecule has 1 aromatic heterocycles. The Morgan fingerprint density at radius 3 is 2.39 bits per heavy atom. The summed E-state index contributed by atoms with van der Waals surface area (Å²) in [4.78, 5) is 22.7. The molecule has 162 valence electrons. The minimum Gasteiger partial charge on any atom is -0.496 e. The van der Waals surface area contributed by atoms with Crippen molar-refractivity contribution in [3.8, 4) is 11.5 Å². The van der Waals surface area contributed by atoms with Crippen LogP contribution in [0.3, 0.4) is 0 Å². The lowest BCUT2D eigenvalue weighted by atomic mass is 9.83. The van der Waals surface area contributed by atoms with E-state index in [1.807, 2.05) is 66.7 Å². The summed E-state index contributed by atoms with van der Waals surface area (Å²) >= 11 is 0. The summed E-state index contributed by atoms with van der Waals surface area (Å²) in [5.74, 6) is 0.548. The molecule has 6 nitrogen and oxygen atoms in total. The molecule has 0 fully saturated rings. The fourth-order valence-electron chi connectivity index (χ4n) is 4.80. The highest BCUT2D eigenvalue weighted by molar-refractivity contribution is 6.12. The van der Waals surface area contributed by atoms with Gasteiger partial charge in [-0.2, -0.15) is 0 Å². The lowest BCUT2D eigenvalue weighted by Crippen LogP contribution is -2.22. The van der Waals surface area contributed by atoms with Crippen LogP contribution in [0.2, 0.25) is 0 Å². The Morgan fingerprint density at radius 2 is 1.67 bits per heavy atom. The number of nitrogens with zero attached hydrogens (tertiary/aromatic N) is 2. The molecule has 1 aliphatic heterocycles. The van der Waals surface area contributed by atoms with Crippen LogP contribution in [0.4, 0.5) is 0 Å². The van der Waals surface area contributed by atoms with Crippen LogP contribution in [0.25, 0.3) is 32.8 Å². The Bertz CT molecular complexity index is 1580. The second-order valence-corrected chi connectivity index (χ2v) is 8.16. The molecule has 0 radical (unpaired) electrons. The van der Waals surface area contributed by atoms with Crippen LogP contribution in [-0.2, 0) is 11.4 Å². The number of methoxy groups -OCH3 is 1. The number of esters is 1. The average Bonchev–Trinajstić information content (AvgIpc) is 2.87. The van der Waals surface area contributed by atoms with E-state index < -0.39 is 0 Å². The normalized spacial score (nSPS) is 15.6. The van der Waals surface area contributed by atoms with Gasteiger partial charge in [0.05, 0.1) is 42.2 Å². The van der Waals surface area contributed by atoms with Crippen molar-refractivity contribution >= 4 is 38.8 Å². The third kappa shape index (κ3) is 3.02. The largest absolute Gasteiger partial charge is 0.496 e. The molecular weight excluding hydrogens is 416 g/mol. The monoisotopic (exact) mass is 436 g/mol. The molecular formula is C27H20N2O4. The first-order valence-corrected chi connectivity index (χ1v) is 10.8. The first kappa shape index (κ1) is 19.6. The predicted molar refractivity (Wildman–Crippen MR) is 126 cm³/mol. The molecule has 0 saturated heterocycles. The first-order valence-electron chi connectivity index (χ1n) is 10.8. The minimum atomic E-state index is -0.299. The molecule has 0 spiro atoms. The molecule has 5 aromatic rings. The zero-order chi connectivity index (χ0) is 22.5. The van der Waals surface area contributed by atoms with Crippen molar-refractivity contribution in [2.45, 2.75) is 18.9 Å². The summed E-state index contributed by atoms with van der Waals surface area (Å²) < 4.78 is 11.2. The quantitative estimate of drug-likeness (QED) is 0.188. The molecule has 2 heterocycles. The Balaban J connectivity index is 1.73. The van der Waals surface area contributed by atoms with Gasteiger partial charge in [-0.3, -0.25) is 4.79 Å². The Labute approximate surface area is 189 Å². The Morgan fingerprint density at radius 1 is 0.970 bits per heavy atom. The molecule has 0 unspecified atom stereocenters. The standard InChI is InChI=1S/C27H20N2O4/c1-32-22-11-10-15(12-16(22)14-30)19-13-23(31)33-27-18-7-3-2-6-17(18)25-26(24(19)27)29-21-9-5-4-8-20(21)28-25/h2-12,19,30H,13-14H2,1H3/t19-/m0/s1. The Kier molecular flexibility index (Phi) is 4.48. The summed E-state index contributed by atoms with van der Waals surface area (Å²) in [6.07, 6.45) is 0.173. The Hall–Kier alpha value is -4.03. The summed E-state index contributed by atoms with van der Waals surface area (Å²) in [6, 6.07) is 21.2. The summed E-state index contributed by atoms with van der Waals surface area (Å²) in [5.41, 5.74) is 5.50. The van der Waals surface area contributed by atoms with Gasteiger partial charge in [-0.1, -0.05) is 42.5 Å². The van der Waals surface area contributed by atoms with Crippen molar-refractivity contribution in [2.24, 2.45) is 0 Å². The lowest BCUT2D eigenvalue weighted by Gasteiger charge is -2.28. The smallest absolute Gasteiger partial charge is 0.312 e. The number of carbonyl (C=O) groups is 1. The van der Waals surface area contributed by atoms with Crippen molar-refractivity contribution in [2.75, 3.05) is 7.11 Å². The molecule has 1 atom stereocenters. The van der Waals surface area contributed by atoms with E-state index in [9.17, 15) is 9.90 Å². The van der Waals surface area contributed by atoms with E-state index in [1.54, 1.807) is 7.11 Å². The number of aliphatic hydroxyl groups is 1. The number of rotatable bonds is 3. The van der Waals surface area contributed by atoms with Crippen molar-refractivity contribution in [3.05, 3.63) is 83.4 Å². The van der Waals surface area contributed by atoms with E-state index >= 15 is 0 Å². The van der Waals surface area contributed by atoms with Gasteiger partial charge in [0.15, 0.2) is 0 Å². The molecule has 0 aliphatic carbocycles. The third-order valence-electron chi connectivity index (χ3n) is 6.31. The number of para-hydroxylation sites is 2. The van der Waals surface area contributed by atoms with Crippen molar-refractivity contribution in [1.29, 1.82) is 0 Å². The maximum absolute atomic E-state index is 12.7. The number of benzene rings is 4. The third-order valence-corrected chi connectivity index (χ3v) is 6.31.